The van der Waals surface area contributed by atoms with Crippen LogP contribution in [0.3, 0.4) is 0 Å². The van der Waals surface area contributed by atoms with Crippen LogP contribution in [0, 0.1) is 0 Å². The van der Waals surface area contributed by atoms with Crippen LogP contribution in [-0.2, 0) is 0 Å². The second kappa shape index (κ2) is 8.03. The highest BCUT2D eigenvalue weighted by Crippen LogP contribution is 2.45. The van der Waals surface area contributed by atoms with Gasteiger partial charge in [-0.05, 0) is 48.7 Å². The van der Waals surface area contributed by atoms with Crippen molar-refractivity contribution in [1.29, 1.82) is 0 Å². The van der Waals surface area contributed by atoms with Gasteiger partial charge in [0.05, 0.1) is 19.3 Å². The van der Waals surface area contributed by atoms with Crippen LogP contribution in [0.25, 0.3) is 0 Å². The Morgan fingerprint density at radius 1 is 1.21 bits per heavy atom. The highest BCUT2D eigenvalue weighted by molar-refractivity contribution is 9.10. The van der Waals surface area contributed by atoms with E-state index in [1.165, 1.54) is 0 Å². The molecule has 28 heavy (non-hydrogen) atoms. The Labute approximate surface area is 174 Å². The van der Waals surface area contributed by atoms with Crippen molar-refractivity contribution in [2.75, 3.05) is 26.7 Å². The van der Waals surface area contributed by atoms with E-state index in [1.54, 1.807) is 7.11 Å². The van der Waals surface area contributed by atoms with E-state index in [0.717, 1.165) is 53.0 Å². The average Bonchev–Trinajstić information content (AvgIpc) is 2.70. The fraction of sp³-hybridized carbons (Fsp3) is 0.455. The lowest BCUT2D eigenvalue weighted by molar-refractivity contribution is -0.0588. The number of hydrogen-bond acceptors (Lipinski definition) is 5. The second-order valence-corrected chi connectivity index (χ2v) is 8.69. The van der Waals surface area contributed by atoms with Crippen molar-refractivity contribution >= 4 is 15.9 Å². The van der Waals surface area contributed by atoms with Gasteiger partial charge in [0.2, 0.25) is 0 Å². The van der Waals surface area contributed by atoms with Crippen molar-refractivity contribution < 1.29 is 19.7 Å². The Morgan fingerprint density at radius 2 is 1.93 bits per heavy atom. The zero-order valence-corrected chi connectivity index (χ0v) is 17.6. The van der Waals surface area contributed by atoms with E-state index in [9.17, 15) is 10.2 Å². The van der Waals surface area contributed by atoms with Gasteiger partial charge in [-0.3, -0.25) is 0 Å². The third kappa shape index (κ3) is 4.06. The number of halogens is 1. The lowest BCUT2D eigenvalue weighted by Gasteiger charge is -2.46. The highest BCUT2D eigenvalue weighted by atomic mass is 79.9. The van der Waals surface area contributed by atoms with Crippen LogP contribution in [-0.4, -0.2) is 47.5 Å². The lowest BCUT2D eigenvalue weighted by Crippen LogP contribution is -2.51. The molecule has 0 aliphatic carbocycles. The van der Waals surface area contributed by atoms with E-state index >= 15 is 0 Å². The summed E-state index contributed by atoms with van der Waals surface area (Å²) in [5.74, 6) is 1.48. The van der Waals surface area contributed by atoms with Gasteiger partial charge < -0.3 is 24.6 Å². The summed E-state index contributed by atoms with van der Waals surface area (Å²) in [6.45, 7) is 2.28. The van der Waals surface area contributed by atoms with Crippen LogP contribution >= 0.6 is 15.9 Å². The minimum absolute atomic E-state index is 0.333. The number of nitrogens with zero attached hydrogens (tertiary/aromatic N) is 1. The second-order valence-electron chi connectivity index (χ2n) is 7.78. The van der Waals surface area contributed by atoms with Gasteiger partial charge in [-0.15, -0.1) is 0 Å². The maximum Gasteiger partial charge on any atom is 0.126 e. The Hall–Kier alpha value is -1.60. The molecule has 2 aromatic rings. The SMILES string of the molecule is COc1ccc2c(c1)[C@H](O)CC1(CCN(C[C@H](O)c3ccc(Br)cc3)CC1)O2. The lowest BCUT2D eigenvalue weighted by atomic mass is 9.81. The summed E-state index contributed by atoms with van der Waals surface area (Å²) in [4.78, 5) is 2.28. The van der Waals surface area contributed by atoms with Crippen LogP contribution < -0.4 is 9.47 Å². The molecule has 2 heterocycles. The maximum atomic E-state index is 10.7. The van der Waals surface area contributed by atoms with Crippen molar-refractivity contribution in [3.63, 3.8) is 0 Å². The molecule has 0 amide bonds. The number of methoxy groups -OCH3 is 1. The molecule has 0 radical (unpaired) electrons. The number of likely N-dealkylation sites (tertiary alicyclic amines) is 1. The number of fused-ring (bicyclic) bond motifs is 1. The molecule has 2 aliphatic heterocycles. The number of benzene rings is 2. The minimum atomic E-state index is -0.543. The molecule has 2 N–H and O–H groups in total. The molecule has 2 aliphatic rings. The van der Waals surface area contributed by atoms with E-state index in [1.807, 2.05) is 42.5 Å². The number of rotatable bonds is 4. The number of hydrogen-bond donors (Lipinski definition) is 2. The standard InChI is InChI=1S/C22H26BrNO4/c1-27-17-6-7-21-18(12-17)19(25)13-22(28-21)8-10-24(11-9-22)14-20(26)15-2-4-16(23)5-3-15/h2-7,12,19-20,25-26H,8-11,13-14H2,1H3/t19-,20+/m1/s1. The average molecular weight is 448 g/mol. The summed E-state index contributed by atoms with van der Waals surface area (Å²) in [7, 11) is 1.62. The summed E-state index contributed by atoms with van der Waals surface area (Å²) in [5, 5.41) is 21.2. The molecule has 0 aromatic heterocycles. The van der Waals surface area contributed by atoms with Crippen LogP contribution in [0.15, 0.2) is 46.9 Å². The predicted octanol–water partition coefficient (Wildman–Crippen LogP) is 3.84. The van der Waals surface area contributed by atoms with Crippen molar-refractivity contribution in [3.8, 4) is 11.5 Å². The summed E-state index contributed by atoms with van der Waals surface area (Å²) < 4.78 is 12.6. The van der Waals surface area contributed by atoms with E-state index in [4.69, 9.17) is 9.47 Å². The third-order valence-corrected chi connectivity index (χ3v) is 6.45. The number of aliphatic hydroxyl groups excluding tert-OH is 2. The van der Waals surface area contributed by atoms with E-state index in [2.05, 4.69) is 20.8 Å². The molecular formula is C22H26BrNO4. The summed E-state index contributed by atoms with van der Waals surface area (Å²) in [6.07, 6.45) is 1.22. The van der Waals surface area contributed by atoms with Gasteiger partial charge >= 0.3 is 0 Å². The first-order chi connectivity index (χ1) is 13.5. The summed E-state index contributed by atoms with van der Waals surface area (Å²) in [5.41, 5.74) is 1.40. The monoisotopic (exact) mass is 447 g/mol. The topological polar surface area (TPSA) is 62.2 Å². The molecule has 0 unspecified atom stereocenters. The minimum Gasteiger partial charge on any atom is -0.497 e. The first kappa shape index (κ1) is 19.7. The van der Waals surface area contributed by atoms with E-state index in [0.29, 0.717) is 13.0 Å². The molecule has 2 aromatic carbocycles. The fourth-order valence-electron chi connectivity index (χ4n) is 4.23. The Balaban J connectivity index is 1.39. The highest BCUT2D eigenvalue weighted by Gasteiger charge is 2.43. The van der Waals surface area contributed by atoms with Gasteiger partial charge in [0.25, 0.3) is 0 Å². The molecule has 0 bridgehead atoms. The fourth-order valence-corrected chi connectivity index (χ4v) is 4.49. The van der Waals surface area contributed by atoms with Gasteiger partial charge in [-0.1, -0.05) is 28.1 Å². The van der Waals surface area contributed by atoms with E-state index < -0.39 is 12.2 Å². The normalized spacial score (nSPS) is 22.4. The number of ether oxygens (including phenoxy) is 2. The smallest absolute Gasteiger partial charge is 0.126 e. The van der Waals surface area contributed by atoms with Gasteiger partial charge in [0, 0.05) is 36.1 Å². The zero-order chi connectivity index (χ0) is 19.7. The Morgan fingerprint density at radius 3 is 2.61 bits per heavy atom. The van der Waals surface area contributed by atoms with Gasteiger partial charge in [-0.2, -0.15) is 0 Å². The van der Waals surface area contributed by atoms with Gasteiger partial charge in [0.15, 0.2) is 0 Å². The summed E-state index contributed by atoms with van der Waals surface area (Å²) in [6, 6.07) is 13.4. The van der Waals surface area contributed by atoms with Crippen molar-refractivity contribution in [2.24, 2.45) is 0 Å². The van der Waals surface area contributed by atoms with Crippen molar-refractivity contribution in [3.05, 3.63) is 58.1 Å². The van der Waals surface area contributed by atoms with Crippen LogP contribution in [0.4, 0.5) is 0 Å². The van der Waals surface area contributed by atoms with Crippen molar-refractivity contribution in [2.45, 2.75) is 37.1 Å². The Kier molecular flexibility index (Phi) is 5.65. The molecule has 150 valence electrons. The Bertz CT molecular complexity index is 818. The van der Waals surface area contributed by atoms with Gasteiger partial charge in [-0.25, -0.2) is 0 Å². The molecule has 1 fully saturated rings. The number of piperidine rings is 1. The molecule has 1 saturated heterocycles. The third-order valence-electron chi connectivity index (χ3n) is 5.92. The zero-order valence-electron chi connectivity index (χ0n) is 16.0. The summed E-state index contributed by atoms with van der Waals surface area (Å²) >= 11 is 3.42. The molecule has 4 rings (SSSR count). The van der Waals surface area contributed by atoms with Crippen LogP contribution in [0.2, 0.25) is 0 Å². The number of aliphatic hydroxyl groups is 2. The molecule has 6 heteroatoms. The maximum absolute atomic E-state index is 10.7. The van der Waals surface area contributed by atoms with E-state index in [-0.39, 0.29) is 5.60 Å². The molecule has 1 spiro atoms. The molecule has 2 atom stereocenters. The quantitative estimate of drug-likeness (QED) is 0.745. The molecular weight excluding hydrogens is 422 g/mol. The number of β-amino-alcohol motifs (C(OH)–C–C–N with tert-alkyl or cyclic N) is 1. The van der Waals surface area contributed by atoms with Crippen LogP contribution in [0.1, 0.15) is 42.6 Å². The first-order valence-electron chi connectivity index (χ1n) is 9.69. The largest absolute Gasteiger partial charge is 0.497 e. The van der Waals surface area contributed by atoms with Crippen molar-refractivity contribution in [1.82, 2.24) is 4.90 Å². The predicted molar refractivity (Wildman–Crippen MR) is 111 cm³/mol. The first-order valence-corrected chi connectivity index (χ1v) is 10.5. The molecule has 5 nitrogen and oxygen atoms in total. The van der Waals surface area contributed by atoms with Crippen LogP contribution in [0.5, 0.6) is 11.5 Å². The molecule has 0 saturated carbocycles. The van der Waals surface area contributed by atoms with Gasteiger partial charge in [0.1, 0.15) is 17.1 Å².